The van der Waals surface area contributed by atoms with Crippen LogP contribution in [0.2, 0.25) is 0 Å². The first-order valence-electron chi connectivity index (χ1n) is 4.95. The number of hydrogen-bond acceptors (Lipinski definition) is 3. The van der Waals surface area contributed by atoms with Crippen LogP contribution in [-0.2, 0) is 4.79 Å². The third-order valence-corrected chi connectivity index (χ3v) is 2.54. The summed E-state index contributed by atoms with van der Waals surface area (Å²) in [6.45, 7) is 1.59. The third kappa shape index (κ3) is 1.84. The summed E-state index contributed by atoms with van der Waals surface area (Å²) in [5.74, 6) is -1.39. The largest absolute Gasteiger partial charge is 0.478 e. The lowest BCUT2D eigenvalue weighted by atomic mass is 10.1. The van der Waals surface area contributed by atoms with Crippen LogP contribution in [0.3, 0.4) is 0 Å². The predicted octanol–water partition coefficient (Wildman–Crippen LogP) is 0.749. The Labute approximate surface area is 96.8 Å². The highest BCUT2D eigenvalue weighted by Gasteiger charge is 2.30. The van der Waals surface area contributed by atoms with Crippen molar-refractivity contribution >= 4 is 23.6 Å². The number of rotatable bonds is 2. The number of aryl methyl sites for hydroxylation is 1. The molecule has 0 atom stereocenters. The van der Waals surface area contributed by atoms with Gasteiger partial charge in [0, 0.05) is 0 Å². The number of amides is 3. The van der Waals surface area contributed by atoms with Gasteiger partial charge in [0.15, 0.2) is 0 Å². The van der Waals surface area contributed by atoms with Gasteiger partial charge >= 0.3 is 12.0 Å². The Hall–Kier alpha value is -2.37. The summed E-state index contributed by atoms with van der Waals surface area (Å²) in [6.07, 6.45) is 0. The highest BCUT2D eigenvalue weighted by Crippen LogP contribution is 2.21. The first kappa shape index (κ1) is 11.1. The van der Waals surface area contributed by atoms with Crippen LogP contribution >= 0.6 is 0 Å². The van der Waals surface area contributed by atoms with E-state index >= 15 is 0 Å². The second-order valence-electron chi connectivity index (χ2n) is 3.69. The van der Waals surface area contributed by atoms with Crippen molar-refractivity contribution in [3.8, 4) is 0 Å². The molecule has 6 heteroatoms. The molecular weight excluding hydrogens is 224 g/mol. The Morgan fingerprint density at radius 1 is 1.41 bits per heavy atom. The molecule has 1 heterocycles. The van der Waals surface area contributed by atoms with Gasteiger partial charge in [-0.05, 0) is 30.7 Å². The molecule has 3 amide bonds. The van der Waals surface area contributed by atoms with Gasteiger partial charge in [-0.25, -0.2) is 14.5 Å². The lowest BCUT2D eigenvalue weighted by Crippen LogP contribution is -2.30. The highest BCUT2D eigenvalue weighted by molar-refractivity contribution is 6.19. The Balaban J connectivity index is 2.41. The van der Waals surface area contributed by atoms with Crippen LogP contribution in [-0.4, -0.2) is 29.6 Å². The standard InChI is InChI=1S/C11H10N2O4/c1-6-4-7(2-3-8(6)10(15)16)13-9(14)5-12-11(13)17/h2-4H,5H2,1H3,(H,12,17)(H,15,16). The lowest BCUT2D eigenvalue weighted by molar-refractivity contribution is -0.115. The van der Waals surface area contributed by atoms with Gasteiger partial charge in [0.05, 0.1) is 17.8 Å². The Bertz CT molecular complexity index is 508. The molecule has 0 saturated carbocycles. The van der Waals surface area contributed by atoms with Gasteiger partial charge in [0.1, 0.15) is 0 Å². The summed E-state index contributed by atoms with van der Waals surface area (Å²) >= 11 is 0. The molecule has 17 heavy (non-hydrogen) atoms. The van der Waals surface area contributed by atoms with Gasteiger partial charge in [0.25, 0.3) is 5.91 Å². The third-order valence-electron chi connectivity index (χ3n) is 2.54. The Morgan fingerprint density at radius 2 is 2.12 bits per heavy atom. The van der Waals surface area contributed by atoms with Crippen molar-refractivity contribution in [3.63, 3.8) is 0 Å². The number of carbonyl (C=O) groups is 3. The number of carboxylic acids is 1. The van der Waals surface area contributed by atoms with Gasteiger partial charge in [-0.15, -0.1) is 0 Å². The molecule has 2 rings (SSSR count). The number of nitrogens with zero attached hydrogens (tertiary/aromatic N) is 1. The fourth-order valence-corrected chi connectivity index (χ4v) is 1.71. The molecule has 1 aliphatic heterocycles. The fraction of sp³-hybridized carbons (Fsp3) is 0.182. The average Bonchev–Trinajstić information content (AvgIpc) is 2.58. The second kappa shape index (κ2) is 3.89. The summed E-state index contributed by atoms with van der Waals surface area (Å²) in [4.78, 5) is 34.7. The van der Waals surface area contributed by atoms with Gasteiger partial charge < -0.3 is 10.4 Å². The number of imide groups is 1. The first-order chi connectivity index (χ1) is 8.00. The van der Waals surface area contributed by atoms with Gasteiger partial charge in [-0.3, -0.25) is 4.79 Å². The van der Waals surface area contributed by atoms with Crippen LogP contribution in [0.5, 0.6) is 0 Å². The summed E-state index contributed by atoms with van der Waals surface area (Å²) in [5.41, 5.74) is 1.04. The van der Waals surface area contributed by atoms with E-state index in [1.807, 2.05) is 0 Å². The number of aromatic carboxylic acids is 1. The van der Waals surface area contributed by atoms with E-state index in [9.17, 15) is 14.4 Å². The zero-order chi connectivity index (χ0) is 12.6. The molecule has 0 bridgehead atoms. The molecular formula is C11H10N2O4. The van der Waals surface area contributed by atoms with Gasteiger partial charge in [-0.2, -0.15) is 0 Å². The number of urea groups is 1. The monoisotopic (exact) mass is 234 g/mol. The molecule has 0 aromatic heterocycles. The maximum Gasteiger partial charge on any atom is 0.335 e. The number of carbonyl (C=O) groups excluding carboxylic acids is 2. The summed E-state index contributed by atoms with van der Waals surface area (Å²) in [6, 6.07) is 3.84. The van der Waals surface area contributed by atoms with Crippen molar-refractivity contribution < 1.29 is 19.5 Å². The Morgan fingerprint density at radius 3 is 2.59 bits per heavy atom. The van der Waals surface area contributed by atoms with Gasteiger partial charge in [0.2, 0.25) is 0 Å². The first-order valence-corrected chi connectivity index (χ1v) is 4.95. The summed E-state index contributed by atoms with van der Waals surface area (Å²) < 4.78 is 0. The fourth-order valence-electron chi connectivity index (χ4n) is 1.71. The minimum atomic E-state index is -1.04. The van der Waals surface area contributed by atoms with E-state index in [0.717, 1.165) is 4.90 Å². The second-order valence-corrected chi connectivity index (χ2v) is 3.69. The predicted molar refractivity (Wildman–Crippen MR) is 59.0 cm³/mol. The summed E-state index contributed by atoms with van der Waals surface area (Å²) in [7, 11) is 0. The molecule has 1 fully saturated rings. The minimum absolute atomic E-state index is 0.0292. The van der Waals surface area contributed by atoms with Crippen LogP contribution in [0, 0.1) is 6.92 Å². The van der Waals surface area contributed by atoms with Crippen molar-refractivity contribution in [2.45, 2.75) is 6.92 Å². The molecule has 0 unspecified atom stereocenters. The van der Waals surface area contributed by atoms with E-state index in [0.29, 0.717) is 11.3 Å². The van der Waals surface area contributed by atoms with Crippen LogP contribution in [0.1, 0.15) is 15.9 Å². The topological polar surface area (TPSA) is 86.7 Å². The van der Waals surface area contributed by atoms with Crippen molar-refractivity contribution in [2.24, 2.45) is 0 Å². The molecule has 1 aliphatic rings. The van der Waals surface area contributed by atoms with Crippen LogP contribution < -0.4 is 10.2 Å². The number of nitrogens with one attached hydrogen (secondary N) is 1. The minimum Gasteiger partial charge on any atom is -0.478 e. The zero-order valence-corrected chi connectivity index (χ0v) is 9.06. The molecule has 1 saturated heterocycles. The molecule has 0 aliphatic carbocycles. The number of hydrogen-bond donors (Lipinski definition) is 2. The highest BCUT2D eigenvalue weighted by atomic mass is 16.4. The van der Waals surface area contributed by atoms with E-state index < -0.39 is 12.0 Å². The maximum absolute atomic E-state index is 11.4. The van der Waals surface area contributed by atoms with E-state index in [1.165, 1.54) is 18.2 Å². The van der Waals surface area contributed by atoms with Crippen LogP contribution in [0.15, 0.2) is 18.2 Å². The molecule has 6 nitrogen and oxygen atoms in total. The normalized spacial score (nSPS) is 15.0. The molecule has 1 aromatic rings. The zero-order valence-electron chi connectivity index (χ0n) is 9.06. The molecule has 1 aromatic carbocycles. The maximum atomic E-state index is 11.4. The average molecular weight is 234 g/mol. The lowest BCUT2D eigenvalue weighted by Gasteiger charge is -2.13. The number of carboxylic acid groups (broad SMARTS) is 1. The summed E-state index contributed by atoms with van der Waals surface area (Å²) in [5, 5.41) is 11.3. The van der Waals surface area contributed by atoms with Gasteiger partial charge in [-0.1, -0.05) is 0 Å². The molecule has 2 N–H and O–H groups in total. The van der Waals surface area contributed by atoms with E-state index in [-0.39, 0.29) is 18.0 Å². The van der Waals surface area contributed by atoms with Crippen molar-refractivity contribution in [1.82, 2.24) is 5.32 Å². The van der Waals surface area contributed by atoms with Crippen molar-refractivity contribution in [1.29, 1.82) is 0 Å². The van der Waals surface area contributed by atoms with E-state index in [4.69, 9.17) is 5.11 Å². The number of anilines is 1. The molecule has 0 radical (unpaired) electrons. The SMILES string of the molecule is Cc1cc(N2C(=O)CNC2=O)ccc1C(=O)O. The van der Waals surface area contributed by atoms with Crippen LogP contribution in [0.4, 0.5) is 10.5 Å². The van der Waals surface area contributed by atoms with E-state index in [1.54, 1.807) is 6.92 Å². The Kier molecular flexibility index (Phi) is 2.55. The van der Waals surface area contributed by atoms with Crippen molar-refractivity contribution in [2.75, 3.05) is 11.4 Å². The smallest absolute Gasteiger partial charge is 0.335 e. The van der Waals surface area contributed by atoms with E-state index in [2.05, 4.69) is 5.32 Å². The quantitative estimate of drug-likeness (QED) is 0.739. The molecule has 88 valence electrons. The van der Waals surface area contributed by atoms with Crippen molar-refractivity contribution in [3.05, 3.63) is 29.3 Å². The van der Waals surface area contributed by atoms with Crippen LogP contribution in [0.25, 0.3) is 0 Å². The molecule has 0 spiro atoms. The number of benzene rings is 1.